The van der Waals surface area contributed by atoms with Gasteiger partial charge >= 0.3 is 0 Å². The van der Waals surface area contributed by atoms with Crippen molar-refractivity contribution in [3.8, 4) is 5.75 Å². The van der Waals surface area contributed by atoms with Gasteiger partial charge in [-0.15, -0.1) is 0 Å². The Labute approximate surface area is 143 Å². The third-order valence-corrected chi connectivity index (χ3v) is 4.23. The Balaban J connectivity index is 1.92. The van der Waals surface area contributed by atoms with Crippen LogP contribution in [-0.2, 0) is 4.79 Å². The molecule has 1 aromatic carbocycles. The quantitative estimate of drug-likeness (QED) is 0.501. The lowest BCUT2D eigenvalue weighted by atomic mass is 10.0. The van der Waals surface area contributed by atoms with Crippen molar-refractivity contribution in [1.29, 1.82) is 0 Å². The normalized spacial score (nSPS) is 12.0. The maximum atomic E-state index is 12.1. The van der Waals surface area contributed by atoms with Gasteiger partial charge in [-0.2, -0.15) is 0 Å². The number of hydrogen-bond acceptors (Lipinski definition) is 3. The molecule has 0 fully saturated rings. The number of carbonyl (C=O) groups excluding carboxylic acids is 1. The zero-order valence-electron chi connectivity index (χ0n) is 13.5. The van der Waals surface area contributed by atoms with Crippen LogP contribution < -0.4 is 10.5 Å². The van der Waals surface area contributed by atoms with Crippen molar-refractivity contribution in [2.45, 2.75) is 0 Å². The summed E-state index contributed by atoms with van der Waals surface area (Å²) < 4.78 is 5.29. The fraction of sp³-hybridized carbons (Fsp3) is 0.0526. The van der Waals surface area contributed by atoms with Gasteiger partial charge in [-0.25, -0.2) is 4.98 Å². The summed E-state index contributed by atoms with van der Waals surface area (Å²) >= 11 is 0. The summed E-state index contributed by atoms with van der Waals surface area (Å²) in [6.45, 7) is 0. The van der Waals surface area contributed by atoms with E-state index < -0.39 is 5.91 Å². The Morgan fingerprint density at radius 1 is 1.20 bits per heavy atom. The van der Waals surface area contributed by atoms with Crippen LogP contribution in [0.25, 0.3) is 33.6 Å². The van der Waals surface area contributed by atoms with Gasteiger partial charge in [-0.05, 0) is 36.4 Å². The monoisotopic (exact) mass is 332 g/mol. The number of ether oxygens (including phenoxy) is 1. The third-order valence-electron chi connectivity index (χ3n) is 4.23. The van der Waals surface area contributed by atoms with E-state index >= 15 is 0 Å². The molecule has 0 unspecified atom stereocenters. The molecule has 3 heterocycles. The van der Waals surface area contributed by atoms with Crippen LogP contribution >= 0.6 is 0 Å². The Hall–Kier alpha value is -3.54. The highest BCUT2D eigenvalue weighted by Crippen LogP contribution is 2.30. The number of H-pyrrole nitrogens is 2. The first-order valence-corrected chi connectivity index (χ1v) is 7.76. The van der Waals surface area contributed by atoms with Crippen molar-refractivity contribution in [3.05, 3.63) is 60.0 Å². The molecule has 3 aromatic heterocycles. The minimum Gasteiger partial charge on any atom is -0.497 e. The van der Waals surface area contributed by atoms with Gasteiger partial charge in [0.1, 0.15) is 11.4 Å². The molecule has 4 N–H and O–H groups in total. The standard InChI is InChI=1S/C19H16N4O2/c1-25-12-4-5-17-14(8-12)16(10-22-17)15(18(20)24)7-11-9-23-19-13(11)3-2-6-21-19/h2-10,22H,1H3,(H2,20,24)(H,21,23)/b15-7-. The lowest BCUT2D eigenvalue weighted by Gasteiger charge is -2.04. The van der Waals surface area contributed by atoms with Crippen molar-refractivity contribution < 1.29 is 9.53 Å². The lowest BCUT2D eigenvalue weighted by Crippen LogP contribution is -2.12. The molecule has 0 spiro atoms. The summed E-state index contributed by atoms with van der Waals surface area (Å²) in [7, 11) is 1.61. The molecule has 0 saturated carbocycles. The molecule has 4 rings (SSSR count). The molecule has 6 nitrogen and oxygen atoms in total. The van der Waals surface area contributed by atoms with Gasteiger partial charge in [-0.3, -0.25) is 4.79 Å². The molecular formula is C19H16N4O2. The molecule has 4 aromatic rings. The zero-order valence-corrected chi connectivity index (χ0v) is 13.5. The first-order chi connectivity index (χ1) is 12.2. The third kappa shape index (κ3) is 2.53. The van der Waals surface area contributed by atoms with Crippen LogP contribution in [0, 0.1) is 0 Å². The lowest BCUT2D eigenvalue weighted by molar-refractivity contribution is -0.112. The number of carbonyl (C=O) groups is 1. The highest BCUT2D eigenvalue weighted by Gasteiger charge is 2.15. The number of rotatable bonds is 4. The van der Waals surface area contributed by atoms with E-state index in [1.54, 1.807) is 25.6 Å². The van der Waals surface area contributed by atoms with Gasteiger partial charge in [0, 0.05) is 51.6 Å². The highest BCUT2D eigenvalue weighted by atomic mass is 16.5. The minimum absolute atomic E-state index is 0.421. The van der Waals surface area contributed by atoms with E-state index in [1.807, 2.05) is 36.5 Å². The van der Waals surface area contributed by atoms with Gasteiger partial charge in [0.15, 0.2) is 0 Å². The SMILES string of the molecule is COc1ccc2[nH]cc(/C(=C/c3c[nH]c4ncccc34)C(N)=O)c2c1. The molecule has 0 aliphatic heterocycles. The van der Waals surface area contributed by atoms with Crippen LogP contribution in [0.5, 0.6) is 5.75 Å². The van der Waals surface area contributed by atoms with Crippen LogP contribution in [0.3, 0.4) is 0 Å². The Morgan fingerprint density at radius 3 is 2.88 bits per heavy atom. The molecule has 25 heavy (non-hydrogen) atoms. The Kier molecular flexibility index (Phi) is 3.50. The van der Waals surface area contributed by atoms with Crippen LogP contribution in [0.2, 0.25) is 0 Å². The molecule has 1 amide bonds. The number of pyridine rings is 1. The van der Waals surface area contributed by atoms with Gasteiger partial charge in [0.2, 0.25) is 5.91 Å². The van der Waals surface area contributed by atoms with Gasteiger partial charge in [0.05, 0.1) is 7.11 Å². The van der Waals surface area contributed by atoms with Crippen LogP contribution in [-0.4, -0.2) is 28.0 Å². The number of hydrogen-bond donors (Lipinski definition) is 3. The van der Waals surface area contributed by atoms with E-state index in [-0.39, 0.29) is 0 Å². The van der Waals surface area contributed by atoms with Crippen LogP contribution in [0.15, 0.2) is 48.9 Å². The summed E-state index contributed by atoms with van der Waals surface area (Å²) in [5, 5.41) is 1.81. The average Bonchev–Trinajstić information content (AvgIpc) is 3.23. The van der Waals surface area contributed by atoms with E-state index in [0.717, 1.165) is 33.1 Å². The van der Waals surface area contributed by atoms with Crippen LogP contribution in [0.4, 0.5) is 0 Å². The van der Waals surface area contributed by atoms with E-state index in [4.69, 9.17) is 10.5 Å². The fourth-order valence-corrected chi connectivity index (χ4v) is 2.98. The number of nitrogens with zero attached hydrogens (tertiary/aromatic N) is 1. The van der Waals surface area contributed by atoms with Crippen molar-refractivity contribution in [3.63, 3.8) is 0 Å². The molecule has 0 saturated heterocycles. The summed E-state index contributed by atoms with van der Waals surface area (Å²) in [5.74, 6) is 0.218. The van der Waals surface area contributed by atoms with E-state index in [2.05, 4.69) is 15.0 Å². The van der Waals surface area contributed by atoms with Gasteiger partial charge in [-0.1, -0.05) is 0 Å². The second kappa shape index (κ2) is 5.83. The van der Waals surface area contributed by atoms with E-state index in [9.17, 15) is 4.79 Å². The maximum Gasteiger partial charge on any atom is 0.249 e. The van der Waals surface area contributed by atoms with Crippen LogP contribution in [0.1, 0.15) is 11.1 Å². The summed E-state index contributed by atoms with van der Waals surface area (Å²) in [5.41, 5.74) is 9.35. The van der Waals surface area contributed by atoms with Crippen molar-refractivity contribution in [1.82, 2.24) is 15.0 Å². The molecule has 6 heteroatoms. The summed E-state index contributed by atoms with van der Waals surface area (Å²) in [6, 6.07) is 9.46. The second-order valence-corrected chi connectivity index (χ2v) is 5.68. The molecule has 124 valence electrons. The number of aromatic nitrogens is 3. The average molecular weight is 332 g/mol. The predicted octanol–water partition coefficient (Wildman–Crippen LogP) is 3.08. The van der Waals surface area contributed by atoms with Crippen molar-refractivity contribution in [2.75, 3.05) is 7.11 Å². The topological polar surface area (TPSA) is 96.8 Å². The predicted molar refractivity (Wildman–Crippen MR) is 98.0 cm³/mol. The first kappa shape index (κ1) is 15.0. The Morgan fingerprint density at radius 2 is 2.08 bits per heavy atom. The number of amides is 1. The molecule has 0 bridgehead atoms. The summed E-state index contributed by atoms with van der Waals surface area (Å²) in [6.07, 6.45) is 7.10. The van der Waals surface area contributed by atoms with Gasteiger partial charge < -0.3 is 20.4 Å². The molecule has 0 atom stereocenters. The van der Waals surface area contributed by atoms with E-state index in [0.29, 0.717) is 11.3 Å². The maximum absolute atomic E-state index is 12.1. The molecule has 0 radical (unpaired) electrons. The number of nitrogens with two attached hydrogens (primary N) is 1. The van der Waals surface area contributed by atoms with Crippen molar-refractivity contribution in [2.24, 2.45) is 5.73 Å². The van der Waals surface area contributed by atoms with Gasteiger partial charge in [0.25, 0.3) is 0 Å². The fourth-order valence-electron chi connectivity index (χ4n) is 2.98. The molecule has 0 aliphatic carbocycles. The number of fused-ring (bicyclic) bond motifs is 2. The number of primary amides is 1. The molecular weight excluding hydrogens is 316 g/mol. The molecule has 0 aliphatic rings. The summed E-state index contributed by atoms with van der Waals surface area (Å²) in [4.78, 5) is 22.7. The number of aromatic amines is 2. The van der Waals surface area contributed by atoms with Crippen molar-refractivity contribution >= 4 is 39.5 Å². The number of methoxy groups -OCH3 is 1. The zero-order chi connectivity index (χ0) is 17.4. The van der Waals surface area contributed by atoms with E-state index in [1.165, 1.54) is 0 Å². The first-order valence-electron chi connectivity index (χ1n) is 7.76. The minimum atomic E-state index is -0.498. The number of benzene rings is 1. The number of nitrogens with one attached hydrogen (secondary N) is 2. The largest absolute Gasteiger partial charge is 0.497 e. The highest BCUT2D eigenvalue weighted by molar-refractivity contribution is 6.27. The smallest absolute Gasteiger partial charge is 0.249 e. The Bertz CT molecular complexity index is 1120. The second-order valence-electron chi connectivity index (χ2n) is 5.68.